The van der Waals surface area contributed by atoms with Crippen molar-refractivity contribution in [1.82, 2.24) is 0 Å². The van der Waals surface area contributed by atoms with Crippen LogP contribution in [0.5, 0.6) is 0 Å². The van der Waals surface area contributed by atoms with Crippen molar-refractivity contribution in [2.24, 2.45) is 10.2 Å². The Kier molecular flexibility index (Phi) is 8.51. The Morgan fingerprint density at radius 1 is 1.04 bits per heavy atom. The Labute approximate surface area is 159 Å². The number of primary sulfonamides is 1. The van der Waals surface area contributed by atoms with Crippen molar-refractivity contribution >= 4 is 21.9 Å². The van der Waals surface area contributed by atoms with Crippen LogP contribution in [-0.2, 0) is 10.0 Å². The third-order valence-corrected chi connectivity index (χ3v) is 3.87. The van der Waals surface area contributed by atoms with E-state index >= 15 is 0 Å². The van der Waals surface area contributed by atoms with E-state index in [0.717, 1.165) is 24.7 Å². The summed E-state index contributed by atoms with van der Waals surface area (Å²) < 4.78 is 76.9. The van der Waals surface area contributed by atoms with Gasteiger partial charge in [-0.15, -0.1) is 0 Å². The first-order valence-electron chi connectivity index (χ1n) is 7.77. The summed E-state index contributed by atoms with van der Waals surface area (Å²) in [4.78, 5) is 0.120. The van der Waals surface area contributed by atoms with Crippen LogP contribution in [0.2, 0.25) is 0 Å². The van der Waals surface area contributed by atoms with Gasteiger partial charge in [-0.05, 0) is 36.4 Å². The van der Waals surface area contributed by atoms with Crippen molar-refractivity contribution < 1.29 is 30.4 Å². The van der Waals surface area contributed by atoms with Gasteiger partial charge in [0.1, 0.15) is 11.6 Å². The first-order valence-corrected chi connectivity index (χ1v) is 9.31. The molecule has 0 atom stereocenters. The summed E-state index contributed by atoms with van der Waals surface area (Å²) in [6, 6.07) is 10.9. The molecule has 0 fully saturated rings. The lowest BCUT2D eigenvalue weighted by Crippen LogP contribution is -2.14. The number of nitrogens with two attached hydrogens (primary N) is 1. The Bertz CT molecular complexity index is 861. The molecule has 0 saturated carbocycles. The largest absolute Gasteiger partial charge is 0.386 e. The van der Waals surface area contributed by atoms with Crippen molar-refractivity contribution in [3.05, 3.63) is 60.2 Å². The number of halogens is 5. The van der Waals surface area contributed by atoms with Crippen LogP contribution in [0.15, 0.2) is 58.5 Å². The van der Waals surface area contributed by atoms with Gasteiger partial charge in [0.25, 0.3) is 0 Å². The number of rotatable bonds is 2. The van der Waals surface area contributed by atoms with E-state index < -0.39 is 27.8 Å². The van der Waals surface area contributed by atoms with E-state index in [-0.39, 0.29) is 11.8 Å². The standard InChI is InChI=1S/C9H11N3O2S.C6H4F2.C2H3F3/c10-15(13,14)9-4-2-8(3-5-9)12-7-1-6-11-12;7-5-2-1-3-6(8)4-5;1-2(3,4)5/h2-6H,1,7H2,(H2,10,13,14);1-4H;1H3. The molecule has 0 saturated heterocycles. The van der Waals surface area contributed by atoms with Gasteiger partial charge in [0.05, 0.1) is 10.6 Å². The van der Waals surface area contributed by atoms with Gasteiger partial charge in [-0.1, -0.05) is 6.07 Å². The van der Waals surface area contributed by atoms with Crippen molar-refractivity contribution in [3.8, 4) is 0 Å². The first-order chi connectivity index (χ1) is 12.9. The zero-order valence-corrected chi connectivity index (χ0v) is 15.5. The Hall–Kier alpha value is -2.53. The lowest BCUT2D eigenvalue weighted by atomic mass is 10.3. The fourth-order valence-electron chi connectivity index (χ4n) is 1.86. The van der Waals surface area contributed by atoms with Crippen LogP contribution < -0.4 is 10.1 Å². The second kappa shape index (κ2) is 10.1. The fourth-order valence-corrected chi connectivity index (χ4v) is 2.37. The minimum Gasteiger partial charge on any atom is -0.266 e. The van der Waals surface area contributed by atoms with Gasteiger partial charge in [-0.2, -0.15) is 18.3 Å². The van der Waals surface area contributed by atoms with E-state index in [4.69, 9.17) is 5.14 Å². The molecule has 0 aliphatic carbocycles. The van der Waals surface area contributed by atoms with Crippen LogP contribution in [0, 0.1) is 11.6 Å². The molecular formula is C17H18F5N3O2S. The highest BCUT2D eigenvalue weighted by molar-refractivity contribution is 7.89. The van der Waals surface area contributed by atoms with Gasteiger partial charge in [0.15, 0.2) is 0 Å². The summed E-state index contributed by atoms with van der Waals surface area (Å²) in [6.07, 6.45) is -1.26. The molecule has 2 aromatic carbocycles. The lowest BCUT2D eigenvalue weighted by Gasteiger charge is -2.13. The van der Waals surface area contributed by atoms with Crippen molar-refractivity contribution in [3.63, 3.8) is 0 Å². The molecule has 0 unspecified atom stereocenters. The molecule has 0 bridgehead atoms. The quantitative estimate of drug-likeness (QED) is 0.740. The maximum Gasteiger partial charge on any atom is 0.386 e. The number of nitrogens with zero attached hydrogens (tertiary/aromatic N) is 2. The minimum absolute atomic E-state index is 0.120. The van der Waals surface area contributed by atoms with Gasteiger partial charge in [-0.3, -0.25) is 5.01 Å². The minimum atomic E-state index is -4.00. The highest BCUT2D eigenvalue weighted by Crippen LogP contribution is 2.19. The summed E-state index contributed by atoms with van der Waals surface area (Å²) >= 11 is 0. The molecule has 1 aliphatic rings. The Balaban J connectivity index is 0.000000253. The number of hydrazone groups is 1. The first kappa shape index (κ1) is 23.5. The normalized spacial score (nSPS) is 13.3. The maximum absolute atomic E-state index is 11.9. The van der Waals surface area contributed by atoms with Crippen molar-refractivity contribution in [2.45, 2.75) is 24.4 Å². The molecule has 3 rings (SSSR count). The second-order valence-electron chi connectivity index (χ2n) is 5.47. The molecule has 28 heavy (non-hydrogen) atoms. The summed E-state index contributed by atoms with van der Waals surface area (Å²) in [6.45, 7) is 1.02. The predicted octanol–water partition coefficient (Wildman–Crippen LogP) is 4.06. The molecule has 0 radical (unpaired) electrons. The molecule has 1 aliphatic heterocycles. The number of alkyl halides is 3. The third-order valence-electron chi connectivity index (χ3n) is 2.94. The second-order valence-corrected chi connectivity index (χ2v) is 7.03. The molecular weight excluding hydrogens is 405 g/mol. The number of benzene rings is 2. The molecule has 11 heteroatoms. The van der Waals surface area contributed by atoms with Gasteiger partial charge in [0.2, 0.25) is 10.0 Å². The summed E-state index contributed by atoms with van der Waals surface area (Å²) in [5, 5.41) is 10.9. The molecule has 154 valence electrons. The highest BCUT2D eigenvalue weighted by atomic mass is 32.2. The molecule has 0 aromatic heterocycles. The van der Waals surface area contributed by atoms with Crippen LogP contribution in [-0.4, -0.2) is 27.4 Å². The number of hydrogen-bond acceptors (Lipinski definition) is 4. The zero-order valence-electron chi connectivity index (χ0n) is 14.7. The summed E-state index contributed by atoms with van der Waals surface area (Å²) in [7, 11) is -3.60. The molecule has 5 nitrogen and oxygen atoms in total. The van der Waals surface area contributed by atoms with E-state index in [2.05, 4.69) is 5.10 Å². The van der Waals surface area contributed by atoms with Crippen LogP contribution in [0.4, 0.5) is 27.6 Å². The maximum atomic E-state index is 11.9. The number of sulfonamides is 1. The van der Waals surface area contributed by atoms with Crippen LogP contribution in [0.3, 0.4) is 0 Å². The van der Waals surface area contributed by atoms with Gasteiger partial charge in [-0.25, -0.2) is 22.3 Å². The monoisotopic (exact) mass is 423 g/mol. The average molecular weight is 423 g/mol. The zero-order chi connectivity index (χ0) is 21.4. The van der Waals surface area contributed by atoms with E-state index in [1.54, 1.807) is 12.1 Å². The molecule has 2 aromatic rings. The molecule has 2 N–H and O–H groups in total. The van der Waals surface area contributed by atoms with Gasteiger partial charge in [0, 0.05) is 32.2 Å². The predicted molar refractivity (Wildman–Crippen MR) is 96.4 cm³/mol. The lowest BCUT2D eigenvalue weighted by molar-refractivity contribution is -0.110. The van der Waals surface area contributed by atoms with Crippen LogP contribution in [0.25, 0.3) is 0 Å². The highest BCUT2D eigenvalue weighted by Gasteiger charge is 2.15. The third kappa shape index (κ3) is 9.97. The van der Waals surface area contributed by atoms with Crippen LogP contribution in [0.1, 0.15) is 13.3 Å². The number of hydrogen-bond donors (Lipinski definition) is 1. The molecule has 0 spiro atoms. The molecule has 1 heterocycles. The SMILES string of the molecule is CC(F)(F)F.Fc1cccc(F)c1.NS(=O)(=O)c1ccc(N2CCC=N2)cc1. The van der Waals surface area contributed by atoms with Gasteiger partial charge < -0.3 is 0 Å². The van der Waals surface area contributed by atoms with E-state index in [9.17, 15) is 30.4 Å². The van der Waals surface area contributed by atoms with Crippen molar-refractivity contribution in [2.75, 3.05) is 11.6 Å². The van der Waals surface area contributed by atoms with Crippen LogP contribution >= 0.6 is 0 Å². The summed E-state index contributed by atoms with van der Waals surface area (Å²) in [5.41, 5.74) is 0.871. The Morgan fingerprint density at radius 2 is 1.54 bits per heavy atom. The fraction of sp³-hybridized carbons (Fsp3) is 0.235. The average Bonchev–Trinajstić information content (AvgIpc) is 3.07. The van der Waals surface area contributed by atoms with E-state index in [1.807, 2.05) is 11.2 Å². The smallest absolute Gasteiger partial charge is 0.266 e. The topological polar surface area (TPSA) is 75.8 Å². The van der Waals surface area contributed by atoms with E-state index in [1.165, 1.54) is 30.3 Å². The Morgan fingerprint density at radius 3 is 1.86 bits per heavy atom. The number of anilines is 1. The van der Waals surface area contributed by atoms with Crippen molar-refractivity contribution in [1.29, 1.82) is 0 Å². The van der Waals surface area contributed by atoms with E-state index in [0.29, 0.717) is 0 Å². The van der Waals surface area contributed by atoms with Gasteiger partial charge >= 0.3 is 6.18 Å². The molecule has 0 amide bonds. The summed E-state index contributed by atoms with van der Waals surface area (Å²) in [5.74, 6) is -1.07.